The predicted molar refractivity (Wildman–Crippen MR) is 81.8 cm³/mol. The van der Waals surface area contributed by atoms with E-state index in [0.717, 1.165) is 6.20 Å². The van der Waals surface area contributed by atoms with Gasteiger partial charge in [-0.1, -0.05) is 11.6 Å². The molecular weight excluding hydrogens is 376 g/mol. The number of halogens is 2. The molecule has 0 unspecified atom stereocenters. The van der Waals surface area contributed by atoms with Crippen molar-refractivity contribution in [1.82, 2.24) is 0 Å². The van der Waals surface area contributed by atoms with Gasteiger partial charge in [0, 0.05) is 24.5 Å². The summed E-state index contributed by atoms with van der Waals surface area (Å²) in [6.07, 6.45) is 1.13. The van der Waals surface area contributed by atoms with Crippen molar-refractivity contribution in [2.45, 2.75) is 19.6 Å². The molecule has 0 aliphatic carbocycles. The molecule has 1 fully saturated rings. The number of esters is 2. The quantitative estimate of drug-likeness (QED) is 0.478. The van der Waals surface area contributed by atoms with E-state index in [4.69, 9.17) is 26.3 Å². The van der Waals surface area contributed by atoms with Gasteiger partial charge in [0.15, 0.2) is 5.57 Å². The summed E-state index contributed by atoms with van der Waals surface area (Å²) in [6.45, 7) is 2.91. The Morgan fingerprint density at radius 2 is 1.91 bits per heavy atom. The third kappa shape index (κ3) is 3.40. The number of ether oxygens (including phenoxy) is 2. The normalized spacial score (nSPS) is 16.4. The molecule has 2 rings (SSSR count). The van der Waals surface area contributed by atoms with Gasteiger partial charge in [0.2, 0.25) is 0 Å². The number of nitrogens with zero attached hydrogens (tertiary/aromatic N) is 1. The minimum Gasteiger partial charge on any atom is -0.419 e. The summed E-state index contributed by atoms with van der Waals surface area (Å²) in [6, 6.07) is 4.98. The Bertz CT molecular complexity index is 715. The molecule has 0 amide bonds. The van der Waals surface area contributed by atoms with Crippen LogP contribution in [-0.2, 0) is 19.1 Å². The first-order valence-electron chi connectivity index (χ1n) is 6.06. The number of rotatable bonds is 2. The van der Waals surface area contributed by atoms with E-state index in [-0.39, 0.29) is 11.1 Å². The van der Waals surface area contributed by atoms with E-state index in [1.807, 2.05) is 6.07 Å². The van der Waals surface area contributed by atoms with E-state index in [2.05, 4.69) is 21.2 Å². The van der Waals surface area contributed by atoms with Crippen LogP contribution in [-0.4, -0.2) is 17.7 Å². The number of hydrogen-bond acceptors (Lipinski definition) is 6. The highest BCUT2D eigenvalue weighted by Gasteiger charge is 2.38. The van der Waals surface area contributed by atoms with Crippen LogP contribution in [0.4, 0.5) is 5.69 Å². The fourth-order valence-corrected chi connectivity index (χ4v) is 2.19. The molecule has 1 N–H and O–H groups in total. The van der Waals surface area contributed by atoms with Crippen LogP contribution >= 0.6 is 27.5 Å². The van der Waals surface area contributed by atoms with Gasteiger partial charge in [-0.2, -0.15) is 5.26 Å². The van der Waals surface area contributed by atoms with Crippen LogP contribution in [0, 0.1) is 11.3 Å². The summed E-state index contributed by atoms with van der Waals surface area (Å²) < 4.78 is 10.5. The number of benzene rings is 1. The second kappa shape index (κ2) is 5.99. The average Bonchev–Trinajstić information content (AvgIpc) is 2.40. The Morgan fingerprint density at radius 1 is 1.32 bits per heavy atom. The van der Waals surface area contributed by atoms with Crippen LogP contribution in [0.3, 0.4) is 0 Å². The first kappa shape index (κ1) is 16.3. The third-order valence-corrected chi connectivity index (χ3v) is 3.87. The molecule has 22 heavy (non-hydrogen) atoms. The topological polar surface area (TPSA) is 88.4 Å². The molecule has 0 bridgehead atoms. The second-order valence-electron chi connectivity index (χ2n) is 4.80. The van der Waals surface area contributed by atoms with Gasteiger partial charge in [-0.15, -0.1) is 0 Å². The fourth-order valence-electron chi connectivity index (χ4n) is 1.69. The molecule has 0 radical (unpaired) electrons. The highest BCUT2D eigenvalue weighted by Crippen LogP contribution is 2.29. The smallest absolute Gasteiger partial charge is 0.350 e. The maximum atomic E-state index is 11.8. The lowest BCUT2D eigenvalue weighted by molar-refractivity contribution is -0.222. The van der Waals surface area contributed by atoms with Crippen LogP contribution in [0.2, 0.25) is 5.02 Å². The van der Waals surface area contributed by atoms with Gasteiger partial charge in [0.25, 0.3) is 5.79 Å². The first-order chi connectivity index (χ1) is 10.2. The van der Waals surface area contributed by atoms with Crippen molar-refractivity contribution in [1.29, 1.82) is 5.26 Å². The molecule has 0 atom stereocenters. The van der Waals surface area contributed by atoms with Crippen LogP contribution in [0.25, 0.3) is 0 Å². The van der Waals surface area contributed by atoms with Crippen molar-refractivity contribution >= 4 is 45.2 Å². The lowest BCUT2D eigenvalue weighted by atomic mass is 10.2. The minimum atomic E-state index is -1.30. The molecule has 1 saturated heterocycles. The highest BCUT2D eigenvalue weighted by molar-refractivity contribution is 9.10. The molecule has 1 aliphatic rings. The number of nitrogens with one attached hydrogen (secondary N) is 1. The van der Waals surface area contributed by atoms with E-state index in [1.165, 1.54) is 26.0 Å². The van der Waals surface area contributed by atoms with E-state index in [1.54, 1.807) is 0 Å². The van der Waals surface area contributed by atoms with Crippen LogP contribution in [0.5, 0.6) is 0 Å². The van der Waals surface area contributed by atoms with Gasteiger partial charge in [-0.25, -0.2) is 9.59 Å². The standard InChI is InChI=1S/C14H10BrClN2O4/c1-14(2)21-12(19)8(13(20)22-14)6-18-11-4-10(16)9(15)3-7(11)5-17/h3-4,6,18H,1-2H3. The number of carbonyl (C=O) groups is 2. The summed E-state index contributed by atoms with van der Waals surface area (Å²) in [7, 11) is 0. The fraction of sp³-hybridized carbons (Fsp3) is 0.214. The number of nitriles is 1. The molecule has 0 saturated carbocycles. The lowest BCUT2D eigenvalue weighted by Crippen LogP contribution is -2.42. The Hall–Kier alpha value is -2.04. The summed E-state index contributed by atoms with van der Waals surface area (Å²) in [5.41, 5.74) is 0.321. The van der Waals surface area contributed by atoms with Gasteiger partial charge in [0.1, 0.15) is 6.07 Å². The van der Waals surface area contributed by atoms with E-state index < -0.39 is 17.7 Å². The SMILES string of the molecule is CC1(C)OC(=O)C(=CNc2cc(Cl)c(Br)cc2C#N)C(=O)O1. The summed E-state index contributed by atoms with van der Waals surface area (Å²) in [4.78, 5) is 23.6. The zero-order chi connectivity index (χ0) is 16.5. The maximum absolute atomic E-state index is 11.8. The Balaban J connectivity index is 2.29. The maximum Gasteiger partial charge on any atom is 0.350 e. The third-order valence-electron chi connectivity index (χ3n) is 2.67. The van der Waals surface area contributed by atoms with Gasteiger partial charge >= 0.3 is 11.9 Å². The zero-order valence-electron chi connectivity index (χ0n) is 11.6. The van der Waals surface area contributed by atoms with Gasteiger partial charge in [-0.05, 0) is 28.1 Å². The Labute approximate surface area is 139 Å². The number of hydrogen-bond donors (Lipinski definition) is 1. The lowest BCUT2D eigenvalue weighted by Gasteiger charge is -2.29. The van der Waals surface area contributed by atoms with Gasteiger partial charge in [-0.3, -0.25) is 0 Å². The highest BCUT2D eigenvalue weighted by atomic mass is 79.9. The molecule has 0 spiro atoms. The molecule has 6 nitrogen and oxygen atoms in total. The van der Waals surface area contributed by atoms with Gasteiger partial charge < -0.3 is 14.8 Å². The average molecular weight is 386 g/mol. The van der Waals surface area contributed by atoms with Crippen molar-refractivity contribution in [3.8, 4) is 6.07 Å². The van der Waals surface area contributed by atoms with Crippen LogP contribution < -0.4 is 5.32 Å². The van der Waals surface area contributed by atoms with Crippen molar-refractivity contribution in [2.75, 3.05) is 5.32 Å². The molecule has 1 heterocycles. The molecule has 1 aromatic carbocycles. The van der Waals surface area contributed by atoms with Crippen LogP contribution in [0.1, 0.15) is 19.4 Å². The van der Waals surface area contributed by atoms with E-state index in [9.17, 15) is 9.59 Å². The Kier molecular flexibility index (Phi) is 4.44. The van der Waals surface area contributed by atoms with Crippen LogP contribution in [0.15, 0.2) is 28.4 Å². The van der Waals surface area contributed by atoms with Crippen molar-refractivity contribution in [2.24, 2.45) is 0 Å². The monoisotopic (exact) mass is 384 g/mol. The number of cyclic esters (lactones) is 2. The zero-order valence-corrected chi connectivity index (χ0v) is 13.9. The second-order valence-corrected chi connectivity index (χ2v) is 6.07. The molecule has 1 aliphatic heterocycles. The Morgan fingerprint density at radius 3 is 2.45 bits per heavy atom. The molecule has 0 aromatic heterocycles. The van der Waals surface area contributed by atoms with Crippen molar-refractivity contribution in [3.63, 3.8) is 0 Å². The molecular formula is C14H10BrClN2O4. The number of anilines is 1. The summed E-state index contributed by atoms with van der Waals surface area (Å²) >= 11 is 9.16. The summed E-state index contributed by atoms with van der Waals surface area (Å²) in [5, 5.41) is 12.2. The molecule has 1 aromatic rings. The first-order valence-corrected chi connectivity index (χ1v) is 7.23. The molecule has 8 heteroatoms. The van der Waals surface area contributed by atoms with Crippen molar-refractivity contribution in [3.05, 3.63) is 39.0 Å². The summed E-state index contributed by atoms with van der Waals surface area (Å²) in [5.74, 6) is -2.92. The molecule has 114 valence electrons. The van der Waals surface area contributed by atoms with Crippen molar-refractivity contribution < 1.29 is 19.1 Å². The predicted octanol–water partition coefficient (Wildman–Crippen LogP) is 3.11. The number of carbonyl (C=O) groups excluding carboxylic acids is 2. The van der Waals surface area contributed by atoms with E-state index in [0.29, 0.717) is 15.2 Å². The largest absolute Gasteiger partial charge is 0.419 e. The van der Waals surface area contributed by atoms with Gasteiger partial charge in [0.05, 0.1) is 16.3 Å². The van der Waals surface area contributed by atoms with E-state index >= 15 is 0 Å². The minimum absolute atomic E-state index is 0.283.